The third-order valence-electron chi connectivity index (χ3n) is 6.41. The molecular formula is C18H24O3. The van der Waals surface area contributed by atoms with Crippen LogP contribution in [0.25, 0.3) is 0 Å². The molecule has 3 nitrogen and oxygen atoms in total. The maximum Gasteiger partial charge on any atom is 0.335 e. The molecule has 6 atom stereocenters. The Morgan fingerprint density at radius 1 is 1.33 bits per heavy atom. The molecule has 1 aliphatic heterocycles. The molecule has 114 valence electrons. The highest BCUT2D eigenvalue weighted by molar-refractivity contribution is 5.93. The number of hydrogen-bond acceptors (Lipinski definition) is 3. The lowest BCUT2D eigenvalue weighted by Gasteiger charge is -2.35. The summed E-state index contributed by atoms with van der Waals surface area (Å²) < 4.78 is 5.88. The maximum atomic E-state index is 12.4. The lowest BCUT2D eigenvalue weighted by molar-refractivity contribution is -0.144. The van der Waals surface area contributed by atoms with Gasteiger partial charge in [0.1, 0.15) is 6.10 Å². The van der Waals surface area contributed by atoms with Gasteiger partial charge in [-0.3, -0.25) is 0 Å². The van der Waals surface area contributed by atoms with Crippen molar-refractivity contribution in [2.75, 3.05) is 0 Å². The van der Waals surface area contributed by atoms with Crippen LogP contribution in [0.5, 0.6) is 0 Å². The van der Waals surface area contributed by atoms with Gasteiger partial charge in [0.2, 0.25) is 0 Å². The first-order valence-electron chi connectivity index (χ1n) is 8.26. The molecule has 0 aromatic rings. The van der Waals surface area contributed by atoms with Gasteiger partial charge in [0, 0.05) is 11.0 Å². The number of aliphatic hydroxyl groups excluding tert-OH is 1. The van der Waals surface area contributed by atoms with Crippen LogP contribution in [0.4, 0.5) is 0 Å². The second kappa shape index (κ2) is 4.22. The van der Waals surface area contributed by atoms with Gasteiger partial charge in [-0.2, -0.15) is 0 Å². The normalized spacial score (nSPS) is 48.5. The molecular weight excluding hydrogens is 264 g/mol. The van der Waals surface area contributed by atoms with Crippen molar-refractivity contribution in [3.8, 4) is 0 Å². The van der Waals surface area contributed by atoms with Crippen molar-refractivity contribution in [2.24, 2.45) is 23.2 Å². The second-order valence-electron chi connectivity index (χ2n) is 7.80. The van der Waals surface area contributed by atoms with Crippen molar-refractivity contribution < 1.29 is 14.6 Å². The van der Waals surface area contributed by atoms with Crippen molar-refractivity contribution in [1.82, 2.24) is 0 Å². The Bertz CT molecular complexity index is 573. The van der Waals surface area contributed by atoms with Crippen LogP contribution in [0.1, 0.15) is 46.5 Å². The molecule has 4 aliphatic rings. The molecule has 0 unspecified atom stereocenters. The van der Waals surface area contributed by atoms with E-state index >= 15 is 0 Å². The van der Waals surface area contributed by atoms with Gasteiger partial charge in [0.05, 0.1) is 6.10 Å². The van der Waals surface area contributed by atoms with Crippen LogP contribution in [0.2, 0.25) is 0 Å². The lowest BCUT2D eigenvalue weighted by Crippen LogP contribution is -2.35. The molecule has 0 aromatic heterocycles. The van der Waals surface area contributed by atoms with Gasteiger partial charge in [-0.15, -0.1) is 0 Å². The van der Waals surface area contributed by atoms with Crippen molar-refractivity contribution in [2.45, 2.75) is 58.7 Å². The van der Waals surface area contributed by atoms with E-state index in [1.165, 1.54) is 17.6 Å². The molecule has 4 rings (SSSR count). The number of esters is 1. The number of ether oxygens (including phenoxy) is 1. The summed E-state index contributed by atoms with van der Waals surface area (Å²) in [5, 5.41) is 10.1. The Kier molecular flexibility index (Phi) is 2.73. The maximum absolute atomic E-state index is 12.4. The Hall–Kier alpha value is -1.09. The summed E-state index contributed by atoms with van der Waals surface area (Å²) in [5.41, 5.74) is 3.35. The molecule has 0 aromatic carbocycles. The minimum atomic E-state index is -0.391. The summed E-state index contributed by atoms with van der Waals surface area (Å²) in [6.45, 7) is 6.63. The second-order valence-corrected chi connectivity index (χ2v) is 7.80. The van der Waals surface area contributed by atoms with Gasteiger partial charge < -0.3 is 9.84 Å². The molecule has 0 saturated heterocycles. The Balaban J connectivity index is 1.90. The minimum Gasteiger partial charge on any atom is -0.453 e. The zero-order valence-corrected chi connectivity index (χ0v) is 13.1. The third-order valence-corrected chi connectivity index (χ3v) is 6.41. The van der Waals surface area contributed by atoms with Gasteiger partial charge in [-0.05, 0) is 49.0 Å². The fraction of sp³-hybridized carbons (Fsp3) is 0.722. The Morgan fingerprint density at radius 3 is 2.86 bits per heavy atom. The zero-order valence-electron chi connectivity index (χ0n) is 13.1. The van der Waals surface area contributed by atoms with E-state index in [-0.39, 0.29) is 17.5 Å². The van der Waals surface area contributed by atoms with Gasteiger partial charge in [0.15, 0.2) is 0 Å². The van der Waals surface area contributed by atoms with E-state index in [2.05, 4.69) is 20.8 Å². The van der Waals surface area contributed by atoms with Gasteiger partial charge in [-0.1, -0.05) is 32.4 Å². The summed E-state index contributed by atoms with van der Waals surface area (Å²) in [6, 6.07) is 0. The topological polar surface area (TPSA) is 46.5 Å². The molecule has 1 heterocycles. The highest BCUT2D eigenvalue weighted by atomic mass is 16.5. The largest absolute Gasteiger partial charge is 0.453 e. The Labute approximate surface area is 126 Å². The first kappa shape index (κ1) is 13.6. The molecule has 1 saturated carbocycles. The van der Waals surface area contributed by atoms with E-state index in [4.69, 9.17) is 4.74 Å². The van der Waals surface area contributed by atoms with E-state index in [1.807, 2.05) is 6.08 Å². The average Bonchev–Trinajstić information content (AvgIpc) is 2.87. The number of fused-ring (bicyclic) bond motifs is 2. The molecule has 21 heavy (non-hydrogen) atoms. The van der Waals surface area contributed by atoms with Crippen LogP contribution < -0.4 is 0 Å². The first-order valence-corrected chi connectivity index (χ1v) is 8.26. The van der Waals surface area contributed by atoms with Crippen molar-refractivity contribution >= 4 is 5.97 Å². The fourth-order valence-corrected chi connectivity index (χ4v) is 5.28. The number of aliphatic hydroxyl groups is 1. The van der Waals surface area contributed by atoms with Crippen LogP contribution in [-0.4, -0.2) is 23.3 Å². The highest BCUT2D eigenvalue weighted by Crippen LogP contribution is 2.58. The summed E-state index contributed by atoms with van der Waals surface area (Å²) in [6.07, 6.45) is 5.46. The van der Waals surface area contributed by atoms with Crippen molar-refractivity contribution in [1.29, 1.82) is 0 Å². The van der Waals surface area contributed by atoms with Crippen molar-refractivity contribution in [3.05, 3.63) is 22.8 Å². The number of hydrogen-bond donors (Lipinski definition) is 1. The number of carbonyl (C=O) groups excluding carboxylic acids is 1. The number of carbonyl (C=O) groups is 1. The first-order chi connectivity index (χ1) is 9.91. The molecule has 3 aliphatic carbocycles. The fourth-order valence-electron chi connectivity index (χ4n) is 5.28. The third kappa shape index (κ3) is 1.67. The predicted molar refractivity (Wildman–Crippen MR) is 79.4 cm³/mol. The lowest BCUT2D eigenvalue weighted by atomic mass is 9.69. The predicted octanol–water partition coefficient (Wildman–Crippen LogP) is 2.99. The Morgan fingerprint density at radius 2 is 2.10 bits per heavy atom. The van der Waals surface area contributed by atoms with Gasteiger partial charge in [0.25, 0.3) is 0 Å². The van der Waals surface area contributed by atoms with Crippen LogP contribution in [-0.2, 0) is 9.53 Å². The smallest absolute Gasteiger partial charge is 0.335 e. The van der Waals surface area contributed by atoms with Crippen LogP contribution in [0.15, 0.2) is 22.8 Å². The average molecular weight is 288 g/mol. The van der Waals surface area contributed by atoms with E-state index in [0.29, 0.717) is 24.2 Å². The summed E-state index contributed by atoms with van der Waals surface area (Å²) in [7, 11) is 0. The molecule has 0 bridgehead atoms. The monoisotopic (exact) mass is 288 g/mol. The SMILES string of the molecule is C[C@H]1CC[C@H]2C3=C1C(=O)O[C@H]3[C@@]1(C)C[C@@H](O)C=C1C[C@@H]2C. The van der Waals surface area contributed by atoms with Crippen molar-refractivity contribution in [3.63, 3.8) is 0 Å². The highest BCUT2D eigenvalue weighted by Gasteiger charge is 2.56. The van der Waals surface area contributed by atoms with E-state index < -0.39 is 6.10 Å². The van der Waals surface area contributed by atoms with Gasteiger partial charge in [-0.25, -0.2) is 4.79 Å². The molecule has 0 spiro atoms. The van der Waals surface area contributed by atoms with Crippen LogP contribution in [0, 0.1) is 23.2 Å². The molecule has 3 heteroatoms. The minimum absolute atomic E-state index is 0.0942. The van der Waals surface area contributed by atoms with Crippen LogP contribution in [0.3, 0.4) is 0 Å². The quantitative estimate of drug-likeness (QED) is 0.550. The van der Waals surface area contributed by atoms with Gasteiger partial charge >= 0.3 is 5.97 Å². The molecule has 0 amide bonds. The standard InChI is InChI=1S/C18H24O3/c1-9-4-5-13-10(2)6-11-7-12(19)8-18(11,3)16-15(13)14(9)17(20)21-16/h7,9-10,12-13,16,19H,4-6,8H2,1-3H3/t9-,10-,12-,13+,16+,18-/m0/s1. The summed E-state index contributed by atoms with van der Waals surface area (Å²) in [5.74, 6) is 1.23. The van der Waals surface area contributed by atoms with Crippen LogP contribution >= 0.6 is 0 Å². The number of rotatable bonds is 0. The molecule has 0 radical (unpaired) electrons. The molecule has 1 fully saturated rings. The van der Waals surface area contributed by atoms with E-state index in [0.717, 1.165) is 18.4 Å². The summed E-state index contributed by atoms with van der Waals surface area (Å²) >= 11 is 0. The molecule has 1 N–H and O–H groups in total. The van der Waals surface area contributed by atoms with E-state index in [9.17, 15) is 9.90 Å². The zero-order chi connectivity index (χ0) is 14.9. The van der Waals surface area contributed by atoms with E-state index in [1.54, 1.807) is 0 Å². The summed E-state index contributed by atoms with van der Waals surface area (Å²) in [4.78, 5) is 12.4.